The zero-order valence-electron chi connectivity index (χ0n) is 37.6. The first-order valence-corrected chi connectivity index (χ1v) is 23.7. The van der Waals surface area contributed by atoms with E-state index in [1.807, 2.05) is 21.1 Å². The van der Waals surface area contributed by atoms with Crippen LogP contribution in [0.5, 0.6) is 0 Å². The molecule has 0 aromatic carbocycles. The molecular formula is C48H92NO7+. The highest BCUT2D eigenvalue weighted by Crippen LogP contribution is 2.16. The first-order valence-electron chi connectivity index (χ1n) is 23.7. The van der Waals surface area contributed by atoms with Crippen molar-refractivity contribution in [3.63, 3.8) is 0 Å². The summed E-state index contributed by atoms with van der Waals surface area (Å²) >= 11 is 0. The molecule has 2 unspecified atom stereocenters. The van der Waals surface area contributed by atoms with E-state index in [1.54, 1.807) is 0 Å². The third kappa shape index (κ3) is 37.6. The second-order valence-corrected chi connectivity index (χ2v) is 17.4. The molecule has 0 aliphatic rings. The number of carboxylic acid groups (broad SMARTS) is 1. The first-order chi connectivity index (χ1) is 27.1. The maximum atomic E-state index is 12.7. The van der Waals surface area contributed by atoms with E-state index in [0.717, 1.165) is 51.4 Å². The lowest BCUT2D eigenvalue weighted by atomic mass is 10.0. The SMILES string of the molecule is CCCCCCCC/C=C/CCCCCC(=O)OCC(COCCC(C(=O)O)[N+](C)(C)C)OC(=O)CCCCCCCCCCCCCCCCCCCCC. The molecular weight excluding hydrogens is 703 g/mol. The number of likely N-dealkylation sites (N-methyl/N-ethyl adjacent to an activating group) is 1. The van der Waals surface area contributed by atoms with Crippen molar-refractivity contribution in [3.8, 4) is 0 Å². The predicted molar refractivity (Wildman–Crippen MR) is 234 cm³/mol. The number of quaternary nitrogens is 1. The van der Waals surface area contributed by atoms with E-state index in [9.17, 15) is 19.5 Å². The number of aliphatic carboxylic acids is 1. The lowest BCUT2D eigenvalue weighted by molar-refractivity contribution is -0.887. The van der Waals surface area contributed by atoms with Gasteiger partial charge in [0.25, 0.3) is 0 Å². The van der Waals surface area contributed by atoms with Gasteiger partial charge in [-0.3, -0.25) is 9.59 Å². The van der Waals surface area contributed by atoms with E-state index >= 15 is 0 Å². The first kappa shape index (κ1) is 54.1. The van der Waals surface area contributed by atoms with Gasteiger partial charge in [-0.15, -0.1) is 0 Å². The molecule has 8 heteroatoms. The number of ether oxygens (including phenoxy) is 3. The molecule has 2 atom stereocenters. The molecule has 0 aromatic rings. The quantitative estimate of drug-likeness (QED) is 0.0284. The standard InChI is InChI=1S/C48H91NO7/c1-6-8-10-12-14-16-18-20-21-22-23-24-25-27-29-31-33-35-37-39-47(51)56-44(42-54-41-40-45(48(52)53)49(3,4)5)43-55-46(50)38-36-34-32-30-28-26-19-17-15-13-11-9-7-2/h26,28,44-45H,6-25,27,29-43H2,1-5H3/p+1/b28-26+. The summed E-state index contributed by atoms with van der Waals surface area (Å²) in [5.41, 5.74) is 0. The Labute approximate surface area is 346 Å². The number of nitrogens with zero attached hydrogens (tertiary/aromatic N) is 1. The van der Waals surface area contributed by atoms with Crippen LogP contribution in [-0.4, -0.2) is 80.6 Å². The highest BCUT2D eigenvalue weighted by molar-refractivity contribution is 5.72. The molecule has 330 valence electrons. The third-order valence-electron chi connectivity index (χ3n) is 10.9. The average Bonchev–Trinajstić information content (AvgIpc) is 3.15. The van der Waals surface area contributed by atoms with Gasteiger partial charge in [0.05, 0.1) is 34.4 Å². The van der Waals surface area contributed by atoms with Gasteiger partial charge >= 0.3 is 17.9 Å². The van der Waals surface area contributed by atoms with Crippen molar-refractivity contribution >= 4 is 17.9 Å². The Morgan fingerprint density at radius 2 is 0.893 bits per heavy atom. The van der Waals surface area contributed by atoms with Gasteiger partial charge in [-0.05, 0) is 38.5 Å². The van der Waals surface area contributed by atoms with Crippen LogP contribution >= 0.6 is 0 Å². The monoisotopic (exact) mass is 795 g/mol. The number of hydrogen-bond acceptors (Lipinski definition) is 6. The summed E-state index contributed by atoms with van der Waals surface area (Å²) in [5.74, 6) is -1.47. The van der Waals surface area contributed by atoms with E-state index in [2.05, 4.69) is 26.0 Å². The average molecular weight is 795 g/mol. The number of carbonyl (C=O) groups is 3. The number of carbonyl (C=O) groups excluding carboxylic acids is 2. The summed E-state index contributed by atoms with van der Waals surface area (Å²) in [6.45, 7) is 4.75. The summed E-state index contributed by atoms with van der Waals surface area (Å²) in [5, 5.41) is 9.62. The number of rotatable bonds is 43. The summed E-state index contributed by atoms with van der Waals surface area (Å²) < 4.78 is 17.3. The number of hydrogen-bond donors (Lipinski definition) is 1. The smallest absolute Gasteiger partial charge is 0.362 e. The van der Waals surface area contributed by atoms with Gasteiger partial charge < -0.3 is 23.8 Å². The van der Waals surface area contributed by atoms with Crippen LogP contribution in [0.25, 0.3) is 0 Å². The number of unbranched alkanes of at least 4 members (excludes halogenated alkanes) is 27. The molecule has 1 N–H and O–H groups in total. The topological polar surface area (TPSA) is 99.1 Å². The summed E-state index contributed by atoms with van der Waals surface area (Å²) in [4.78, 5) is 37.0. The van der Waals surface area contributed by atoms with Crippen molar-refractivity contribution < 1.29 is 38.2 Å². The lowest BCUT2D eigenvalue weighted by Gasteiger charge is -2.31. The minimum Gasteiger partial charge on any atom is -0.477 e. The van der Waals surface area contributed by atoms with Crippen molar-refractivity contribution in [1.82, 2.24) is 0 Å². The van der Waals surface area contributed by atoms with E-state index < -0.39 is 18.1 Å². The second kappa shape index (κ2) is 39.9. The molecule has 0 heterocycles. The fourth-order valence-electron chi connectivity index (χ4n) is 7.21. The zero-order chi connectivity index (χ0) is 41.4. The minimum absolute atomic E-state index is 0.0529. The molecule has 0 aliphatic carbocycles. The normalized spacial score (nSPS) is 12.9. The molecule has 0 radical (unpaired) electrons. The summed E-state index contributed by atoms with van der Waals surface area (Å²) in [6, 6.07) is -0.612. The van der Waals surface area contributed by atoms with Crippen molar-refractivity contribution in [2.45, 2.75) is 238 Å². The van der Waals surface area contributed by atoms with Crippen molar-refractivity contribution in [3.05, 3.63) is 12.2 Å². The second-order valence-electron chi connectivity index (χ2n) is 17.4. The highest BCUT2D eigenvalue weighted by atomic mass is 16.6. The summed E-state index contributed by atoms with van der Waals surface area (Å²) in [7, 11) is 5.53. The highest BCUT2D eigenvalue weighted by Gasteiger charge is 2.31. The Morgan fingerprint density at radius 3 is 1.30 bits per heavy atom. The van der Waals surface area contributed by atoms with Crippen LogP contribution in [0.2, 0.25) is 0 Å². The van der Waals surface area contributed by atoms with Crippen LogP contribution in [0, 0.1) is 0 Å². The fourth-order valence-corrected chi connectivity index (χ4v) is 7.21. The molecule has 0 amide bonds. The number of allylic oxidation sites excluding steroid dienone is 2. The molecule has 8 nitrogen and oxygen atoms in total. The molecule has 0 saturated heterocycles. The Bertz CT molecular complexity index is 931. The Hall–Kier alpha value is -1.93. The lowest BCUT2D eigenvalue weighted by Crippen LogP contribution is -2.50. The zero-order valence-corrected chi connectivity index (χ0v) is 37.6. The minimum atomic E-state index is -0.873. The maximum Gasteiger partial charge on any atom is 0.362 e. The van der Waals surface area contributed by atoms with Crippen molar-refractivity contribution in [2.24, 2.45) is 0 Å². The molecule has 56 heavy (non-hydrogen) atoms. The molecule has 0 saturated carbocycles. The fraction of sp³-hybridized carbons (Fsp3) is 0.896. The van der Waals surface area contributed by atoms with Gasteiger partial charge in [0, 0.05) is 19.3 Å². The number of carboxylic acids is 1. The Morgan fingerprint density at radius 1 is 0.518 bits per heavy atom. The van der Waals surface area contributed by atoms with Gasteiger partial charge in [0.15, 0.2) is 12.1 Å². The van der Waals surface area contributed by atoms with E-state index in [0.29, 0.717) is 19.3 Å². The van der Waals surface area contributed by atoms with Crippen molar-refractivity contribution in [2.75, 3.05) is 41.0 Å². The molecule has 0 spiro atoms. The van der Waals surface area contributed by atoms with Crippen LogP contribution in [0.15, 0.2) is 12.2 Å². The van der Waals surface area contributed by atoms with Gasteiger partial charge in [-0.25, -0.2) is 4.79 Å². The largest absolute Gasteiger partial charge is 0.477 e. The van der Waals surface area contributed by atoms with Crippen LogP contribution in [0.4, 0.5) is 0 Å². The molecule has 0 fully saturated rings. The van der Waals surface area contributed by atoms with Crippen LogP contribution in [-0.2, 0) is 28.6 Å². The molecule has 0 aromatic heterocycles. The number of esters is 2. The van der Waals surface area contributed by atoms with E-state index in [1.165, 1.54) is 141 Å². The Balaban J connectivity index is 4.26. The van der Waals surface area contributed by atoms with E-state index in [-0.39, 0.29) is 36.2 Å². The van der Waals surface area contributed by atoms with Gasteiger partial charge in [0.2, 0.25) is 0 Å². The third-order valence-corrected chi connectivity index (χ3v) is 10.9. The van der Waals surface area contributed by atoms with Gasteiger partial charge in [-0.1, -0.05) is 180 Å². The van der Waals surface area contributed by atoms with E-state index in [4.69, 9.17) is 14.2 Å². The molecule has 0 rings (SSSR count). The molecule has 0 bridgehead atoms. The van der Waals surface area contributed by atoms with Crippen LogP contribution in [0.1, 0.15) is 226 Å². The van der Waals surface area contributed by atoms with Crippen molar-refractivity contribution in [1.29, 1.82) is 0 Å². The van der Waals surface area contributed by atoms with Gasteiger partial charge in [0.1, 0.15) is 6.61 Å². The van der Waals surface area contributed by atoms with Crippen LogP contribution < -0.4 is 0 Å². The Kier molecular flexibility index (Phi) is 38.5. The maximum absolute atomic E-state index is 12.7. The van der Waals surface area contributed by atoms with Gasteiger partial charge in [-0.2, -0.15) is 0 Å². The van der Waals surface area contributed by atoms with Crippen LogP contribution in [0.3, 0.4) is 0 Å². The summed E-state index contributed by atoms with van der Waals surface area (Å²) in [6.07, 6.45) is 42.5. The predicted octanol–water partition coefficient (Wildman–Crippen LogP) is 13.1. The molecule has 0 aliphatic heterocycles.